The summed E-state index contributed by atoms with van der Waals surface area (Å²) in [5.74, 6) is -0.269. The number of aromatic amines is 1. The standard InChI is InChI=1S/C22H28N4O3S/c1-3-16-7-6-8-19-17(14-24-21(16)19)9-10-23-22(27)20-13-18(15-25(20)2)30(28,29)26-11-4-5-12-26/h6-8,13-15,24H,3-5,9-12H2,1-2H3,(H,23,27). The molecule has 1 aliphatic rings. The molecule has 0 saturated carbocycles. The zero-order valence-electron chi connectivity index (χ0n) is 17.4. The van der Waals surface area contributed by atoms with E-state index in [1.807, 2.05) is 6.20 Å². The largest absolute Gasteiger partial charge is 0.361 e. The molecule has 4 rings (SSSR count). The molecular weight excluding hydrogens is 400 g/mol. The summed E-state index contributed by atoms with van der Waals surface area (Å²) >= 11 is 0. The second-order valence-corrected chi connectivity index (χ2v) is 9.73. The van der Waals surface area contributed by atoms with Crippen LogP contribution in [0.2, 0.25) is 0 Å². The Hall–Kier alpha value is -2.58. The van der Waals surface area contributed by atoms with E-state index in [4.69, 9.17) is 0 Å². The molecule has 3 aromatic rings. The summed E-state index contributed by atoms with van der Waals surface area (Å²) in [5.41, 5.74) is 3.93. The number of benzene rings is 1. The fourth-order valence-corrected chi connectivity index (χ4v) is 5.75. The summed E-state index contributed by atoms with van der Waals surface area (Å²) in [4.78, 5) is 16.2. The lowest BCUT2D eigenvalue weighted by Gasteiger charge is -2.13. The number of aryl methyl sites for hydroxylation is 2. The van der Waals surface area contributed by atoms with Gasteiger partial charge in [0.2, 0.25) is 10.0 Å². The van der Waals surface area contributed by atoms with Crippen molar-refractivity contribution in [3.8, 4) is 0 Å². The van der Waals surface area contributed by atoms with E-state index in [1.165, 1.54) is 27.5 Å². The van der Waals surface area contributed by atoms with Crippen molar-refractivity contribution in [3.05, 3.63) is 53.5 Å². The zero-order chi connectivity index (χ0) is 21.3. The highest BCUT2D eigenvalue weighted by atomic mass is 32.2. The Bertz CT molecular complexity index is 1170. The molecule has 1 saturated heterocycles. The van der Waals surface area contributed by atoms with Gasteiger partial charge in [0.05, 0.1) is 0 Å². The molecule has 0 aliphatic carbocycles. The van der Waals surface area contributed by atoms with E-state index in [0.717, 1.165) is 30.3 Å². The van der Waals surface area contributed by atoms with Crippen molar-refractivity contribution in [2.24, 2.45) is 7.05 Å². The van der Waals surface area contributed by atoms with Gasteiger partial charge in [-0.25, -0.2) is 8.42 Å². The molecule has 160 valence electrons. The summed E-state index contributed by atoms with van der Waals surface area (Å²) in [7, 11) is -1.83. The van der Waals surface area contributed by atoms with Crippen LogP contribution in [-0.4, -0.2) is 47.8 Å². The fraction of sp³-hybridized carbons (Fsp3) is 0.409. The molecule has 2 N–H and O–H groups in total. The number of carbonyl (C=O) groups excluding carboxylic acids is 1. The predicted octanol–water partition coefficient (Wildman–Crippen LogP) is 2.83. The Kier molecular flexibility index (Phi) is 5.71. The number of hydrogen-bond donors (Lipinski definition) is 2. The quantitative estimate of drug-likeness (QED) is 0.607. The monoisotopic (exact) mass is 428 g/mol. The molecule has 1 aromatic carbocycles. The highest BCUT2D eigenvalue weighted by Gasteiger charge is 2.29. The van der Waals surface area contributed by atoms with Gasteiger partial charge in [-0.1, -0.05) is 25.1 Å². The van der Waals surface area contributed by atoms with Crippen LogP contribution in [0.5, 0.6) is 0 Å². The van der Waals surface area contributed by atoms with Crippen molar-refractivity contribution in [2.75, 3.05) is 19.6 Å². The summed E-state index contributed by atoms with van der Waals surface area (Å²) < 4.78 is 28.6. The zero-order valence-corrected chi connectivity index (χ0v) is 18.3. The van der Waals surface area contributed by atoms with Gasteiger partial charge in [-0.3, -0.25) is 4.79 Å². The van der Waals surface area contributed by atoms with Crippen molar-refractivity contribution in [1.82, 2.24) is 19.2 Å². The first kappa shape index (κ1) is 20.7. The van der Waals surface area contributed by atoms with Crippen LogP contribution in [0.4, 0.5) is 0 Å². The van der Waals surface area contributed by atoms with E-state index in [9.17, 15) is 13.2 Å². The van der Waals surface area contributed by atoms with Gasteiger partial charge in [0.15, 0.2) is 0 Å². The Balaban J connectivity index is 1.43. The van der Waals surface area contributed by atoms with Crippen LogP contribution in [0.3, 0.4) is 0 Å². The molecule has 2 aromatic heterocycles. The van der Waals surface area contributed by atoms with Crippen LogP contribution in [0, 0.1) is 0 Å². The first-order chi connectivity index (χ1) is 14.4. The maximum Gasteiger partial charge on any atom is 0.267 e. The number of amides is 1. The Labute approximate surface area is 177 Å². The second-order valence-electron chi connectivity index (χ2n) is 7.80. The van der Waals surface area contributed by atoms with Crippen LogP contribution in [0.15, 0.2) is 41.6 Å². The highest BCUT2D eigenvalue weighted by molar-refractivity contribution is 7.89. The average Bonchev–Trinajstić information content (AvgIpc) is 3.47. The number of fused-ring (bicyclic) bond motifs is 1. The molecule has 0 atom stereocenters. The minimum absolute atomic E-state index is 0.181. The van der Waals surface area contributed by atoms with E-state index in [2.05, 4.69) is 35.4 Å². The molecule has 0 radical (unpaired) electrons. The predicted molar refractivity (Wildman–Crippen MR) is 117 cm³/mol. The van der Waals surface area contributed by atoms with Gasteiger partial charge in [-0.2, -0.15) is 4.31 Å². The van der Waals surface area contributed by atoms with Crippen LogP contribution >= 0.6 is 0 Å². The molecule has 3 heterocycles. The number of rotatable bonds is 7. The van der Waals surface area contributed by atoms with Crippen molar-refractivity contribution in [1.29, 1.82) is 0 Å². The van der Waals surface area contributed by atoms with Gasteiger partial charge in [-0.15, -0.1) is 0 Å². The molecule has 8 heteroatoms. The van der Waals surface area contributed by atoms with E-state index in [1.54, 1.807) is 11.6 Å². The maximum absolute atomic E-state index is 12.7. The third-order valence-corrected chi connectivity index (χ3v) is 7.73. The topological polar surface area (TPSA) is 87.2 Å². The van der Waals surface area contributed by atoms with E-state index in [-0.39, 0.29) is 10.8 Å². The minimum Gasteiger partial charge on any atom is -0.361 e. The van der Waals surface area contributed by atoms with Crippen LogP contribution in [-0.2, 0) is 29.9 Å². The van der Waals surface area contributed by atoms with Crippen molar-refractivity contribution in [3.63, 3.8) is 0 Å². The van der Waals surface area contributed by atoms with Gasteiger partial charge in [0.1, 0.15) is 10.6 Å². The molecule has 30 heavy (non-hydrogen) atoms. The fourth-order valence-electron chi connectivity index (χ4n) is 4.16. The SMILES string of the molecule is CCc1cccc2c(CCNC(=O)c3cc(S(=O)(=O)N4CCCC4)cn3C)c[nH]c12. The van der Waals surface area contributed by atoms with Crippen molar-refractivity contribution >= 4 is 26.8 Å². The van der Waals surface area contributed by atoms with Gasteiger partial charge in [0.25, 0.3) is 5.91 Å². The Morgan fingerprint density at radius 1 is 1.20 bits per heavy atom. The van der Waals surface area contributed by atoms with Crippen LogP contribution < -0.4 is 5.32 Å². The molecule has 0 spiro atoms. The second kappa shape index (κ2) is 8.28. The van der Waals surface area contributed by atoms with Crippen molar-refractivity contribution < 1.29 is 13.2 Å². The van der Waals surface area contributed by atoms with Gasteiger partial charge >= 0.3 is 0 Å². The maximum atomic E-state index is 12.7. The Morgan fingerprint density at radius 2 is 1.97 bits per heavy atom. The number of nitrogens with one attached hydrogen (secondary N) is 2. The Morgan fingerprint density at radius 3 is 2.70 bits per heavy atom. The lowest BCUT2D eigenvalue weighted by Crippen LogP contribution is -2.28. The van der Waals surface area contributed by atoms with Crippen LogP contribution in [0.25, 0.3) is 10.9 Å². The van der Waals surface area contributed by atoms with E-state index >= 15 is 0 Å². The summed E-state index contributed by atoms with van der Waals surface area (Å²) in [6, 6.07) is 7.74. The summed E-state index contributed by atoms with van der Waals surface area (Å²) in [6.45, 7) is 3.70. The third kappa shape index (κ3) is 3.77. The molecule has 7 nitrogen and oxygen atoms in total. The number of H-pyrrole nitrogens is 1. The van der Waals surface area contributed by atoms with Gasteiger partial charge < -0.3 is 14.9 Å². The van der Waals surface area contributed by atoms with E-state index in [0.29, 0.717) is 31.7 Å². The van der Waals surface area contributed by atoms with Crippen molar-refractivity contribution in [2.45, 2.75) is 37.5 Å². The first-order valence-electron chi connectivity index (χ1n) is 10.4. The normalized spacial score (nSPS) is 15.1. The third-order valence-electron chi connectivity index (χ3n) is 5.86. The number of para-hydroxylation sites is 1. The highest BCUT2D eigenvalue weighted by Crippen LogP contribution is 2.24. The summed E-state index contributed by atoms with van der Waals surface area (Å²) in [6.07, 6.45) is 6.94. The van der Waals surface area contributed by atoms with Crippen LogP contribution in [0.1, 0.15) is 41.4 Å². The molecular formula is C22H28N4O3S. The number of aromatic nitrogens is 2. The molecule has 1 amide bonds. The van der Waals surface area contributed by atoms with Gasteiger partial charge in [-0.05, 0) is 42.9 Å². The smallest absolute Gasteiger partial charge is 0.267 e. The molecule has 0 unspecified atom stereocenters. The molecule has 0 bridgehead atoms. The number of sulfonamides is 1. The number of hydrogen-bond acceptors (Lipinski definition) is 3. The number of carbonyl (C=O) groups is 1. The number of nitrogens with zero attached hydrogens (tertiary/aromatic N) is 2. The lowest BCUT2D eigenvalue weighted by atomic mass is 10.1. The lowest BCUT2D eigenvalue weighted by molar-refractivity contribution is 0.0946. The first-order valence-corrected chi connectivity index (χ1v) is 11.9. The van der Waals surface area contributed by atoms with E-state index < -0.39 is 10.0 Å². The minimum atomic E-state index is -3.53. The molecule has 1 fully saturated rings. The molecule has 1 aliphatic heterocycles. The average molecular weight is 429 g/mol. The van der Waals surface area contributed by atoms with Gasteiger partial charge in [0, 0.05) is 50.0 Å². The summed E-state index contributed by atoms with van der Waals surface area (Å²) in [5, 5.41) is 4.11.